The molecule has 0 aliphatic carbocycles. The first-order valence-corrected chi connectivity index (χ1v) is 15.5. The number of aliphatic hydroxyl groups excluding tert-OH is 1. The number of amides is 1. The van der Waals surface area contributed by atoms with Crippen LogP contribution in [0.4, 0.5) is 0 Å². The molecule has 1 amide bonds. The number of para-hydroxylation sites is 2. The Morgan fingerprint density at radius 2 is 1.67 bits per heavy atom. The van der Waals surface area contributed by atoms with Gasteiger partial charge in [-0.25, -0.2) is 4.98 Å². The van der Waals surface area contributed by atoms with Crippen molar-refractivity contribution in [3.05, 3.63) is 108 Å². The number of carbonyl (C=O) groups excluding carboxylic acids is 1. The quantitative estimate of drug-likeness (QED) is 0.141. The second-order valence-electron chi connectivity index (χ2n) is 11.8. The van der Waals surface area contributed by atoms with E-state index in [-0.39, 0.29) is 13.3 Å². The van der Waals surface area contributed by atoms with Crippen LogP contribution in [0.1, 0.15) is 42.7 Å². The molecule has 0 bridgehead atoms. The standard InChI is InChI=1S/C37H34N2O9/c1-22(27(26-15-16-31-32(18-26)47-21-46-31)9-6-12-33-38-29-10-4-5-11-30(29)48-33)39(36(43)35(42)28(37(44)45)19-34(40)41)20-23-13-14-24-7-2-3-8-25(24)17-23/h2-8,10-18,22,27-28,35,42H,9,19-21H2,1H3,(H,40,41)(H,44,45)/b12-6+/t22-,27+,28?,35?/m1/s1. The molecule has 0 radical (unpaired) electrons. The van der Waals surface area contributed by atoms with E-state index in [0.717, 1.165) is 21.9 Å². The number of rotatable bonds is 13. The second kappa shape index (κ2) is 14.0. The van der Waals surface area contributed by atoms with Crippen molar-refractivity contribution in [3.63, 3.8) is 0 Å². The van der Waals surface area contributed by atoms with E-state index in [2.05, 4.69) is 4.98 Å². The number of ether oxygens (including phenoxy) is 2. The monoisotopic (exact) mass is 650 g/mol. The number of hydrogen-bond donors (Lipinski definition) is 3. The Morgan fingerprint density at radius 3 is 2.44 bits per heavy atom. The number of aromatic nitrogens is 1. The van der Waals surface area contributed by atoms with Crippen molar-refractivity contribution in [2.75, 3.05) is 6.79 Å². The lowest BCUT2D eigenvalue weighted by Gasteiger charge is -2.37. The average Bonchev–Trinajstić information content (AvgIpc) is 3.73. The largest absolute Gasteiger partial charge is 0.481 e. The highest BCUT2D eigenvalue weighted by molar-refractivity contribution is 5.89. The molecule has 4 aromatic carbocycles. The zero-order chi connectivity index (χ0) is 33.8. The lowest BCUT2D eigenvalue weighted by Crippen LogP contribution is -2.50. The normalized spacial score (nSPS) is 15.0. The van der Waals surface area contributed by atoms with E-state index in [0.29, 0.717) is 34.9 Å². The number of aliphatic hydroxyl groups is 1. The van der Waals surface area contributed by atoms with Gasteiger partial charge in [-0.2, -0.15) is 0 Å². The Bertz CT molecular complexity index is 1970. The highest BCUT2D eigenvalue weighted by Crippen LogP contribution is 2.38. The van der Waals surface area contributed by atoms with Crippen LogP contribution in [-0.2, 0) is 20.9 Å². The Balaban J connectivity index is 1.37. The molecule has 246 valence electrons. The summed E-state index contributed by atoms with van der Waals surface area (Å²) in [6.45, 7) is 1.92. The third kappa shape index (κ3) is 7.01. The van der Waals surface area contributed by atoms with Crippen LogP contribution in [0.5, 0.6) is 11.5 Å². The van der Waals surface area contributed by atoms with Gasteiger partial charge in [0.25, 0.3) is 5.91 Å². The minimum absolute atomic E-state index is 0.0250. The maximum absolute atomic E-state index is 14.1. The first kappa shape index (κ1) is 32.3. The van der Waals surface area contributed by atoms with Crippen LogP contribution >= 0.6 is 0 Å². The molecule has 1 aliphatic rings. The van der Waals surface area contributed by atoms with Gasteiger partial charge in [0.1, 0.15) is 17.5 Å². The average molecular weight is 651 g/mol. The fourth-order valence-electron chi connectivity index (χ4n) is 6.07. The smallest absolute Gasteiger partial charge is 0.310 e. The van der Waals surface area contributed by atoms with Crippen molar-refractivity contribution in [3.8, 4) is 11.5 Å². The second-order valence-corrected chi connectivity index (χ2v) is 11.8. The Hall–Kier alpha value is -5.68. The molecule has 11 heteroatoms. The maximum atomic E-state index is 14.1. The number of hydrogen-bond acceptors (Lipinski definition) is 8. The van der Waals surface area contributed by atoms with Gasteiger partial charge in [-0.05, 0) is 71.7 Å². The predicted molar refractivity (Wildman–Crippen MR) is 176 cm³/mol. The van der Waals surface area contributed by atoms with Crippen molar-refractivity contribution >= 4 is 45.8 Å². The molecule has 0 fully saturated rings. The maximum Gasteiger partial charge on any atom is 0.310 e. The molecule has 2 heterocycles. The van der Waals surface area contributed by atoms with Crippen LogP contribution in [0.15, 0.2) is 95.4 Å². The molecule has 11 nitrogen and oxygen atoms in total. The fraction of sp³-hybridized carbons (Fsp3) is 0.243. The lowest BCUT2D eigenvalue weighted by atomic mass is 9.86. The highest BCUT2D eigenvalue weighted by Gasteiger charge is 2.39. The number of aliphatic carboxylic acids is 2. The summed E-state index contributed by atoms with van der Waals surface area (Å²) in [5, 5.41) is 32.2. The van der Waals surface area contributed by atoms with E-state index < -0.39 is 48.2 Å². The van der Waals surface area contributed by atoms with Crippen molar-refractivity contribution in [1.82, 2.24) is 9.88 Å². The van der Waals surface area contributed by atoms with Gasteiger partial charge < -0.3 is 34.1 Å². The molecule has 48 heavy (non-hydrogen) atoms. The Labute approximate surface area is 275 Å². The van der Waals surface area contributed by atoms with Crippen molar-refractivity contribution in [2.24, 2.45) is 5.92 Å². The SMILES string of the molecule is C[C@H]([C@H](C/C=C/c1nc2ccccc2o1)c1ccc2c(c1)OCO2)N(Cc1ccc2ccccc2c1)C(=O)C(O)C(CC(=O)O)C(=O)O. The van der Waals surface area contributed by atoms with Gasteiger partial charge in [0.15, 0.2) is 17.1 Å². The fourth-order valence-corrected chi connectivity index (χ4v) is 6.07. The van der Waals surface area contributed by atoms with E-state index >= 15 is 0 Å². The minimum atomic E-state index is -2.10. The third-order valence-electron chi connectivity index (χ3n) is 8.66. The number of carboxylic acid groups (broad SMARTS) is 2. The zero-order valence-corrected chi connectivity index (χ0v) is 26.1. The van der Waals surface area contributed by atoms with Crippen LogP contribution in [0, 0.1) is 5.92 Å². The minimum Gasteiger partial charge on any atom is -0.481 e. The molecule has 0 saturated carbocycles. The molecule has 0 saturated heterocycles. The Morgan fingerprint density at radius 1 is 0.917 bits per heavy atom. The first-order valence-electron chi connectivity index (χ1n) is 15.5. The van der Waals surface area contributed by atoms with Gasteiger partial charge in [-0.15, -0.1) is 0 Å². The Kier molecular flexibility index (Phi) is 9.40. The van der Waals surface area contributed by atoms with E-state index in [1.807, 2.05) is 91.9 Å². The summed E-state index contributed by atoms with van der Waals surface area (Å²) in [4.78, 5) is 43.6. The van der Waals surface area contributed by atoms with Gasteiger partial charge in [0, 0.05) is 18.5 Å². The number of carboxylic acids is 2. The third-order valence-corrected chi connectivity index (χ3v) is 8.66. The molecule has 0 spiro atoms. The number of oxazole rings is 1. The topological polar surface area (TPSA) is 160 Å². The molecular weight excluding hydrogens is 616 g/mol. The summed E-state index contributed by atoms with van der Waals surface area (Å²) >= 11 is 0. The van der Waals surface area contributed by atoms with E-state index in [1.54, 1.807) is 12.1 Å². The van der Waals surface area contributed by atoms with Gasteiger partial charge >= 0.3 is 11.9 Å². The predicted octanol–water partition coefficient (Wildman–Crippen LogP) is 5.85. The van der Waals surface area contributed by atoms with Crippen LogP contribution in [0.2, 0.25) is 0 Å². The summed E-state index contributed by atoms with van der Waals surface area (Å²) in [5.41, 5.74) is 2.92. The first-order chi connectivity index (χ1) is 23.2. The van der Waals surface area contributed by atoms with Crippen molar-refractivity contribution in [2.45, 2.75) is 44.4 Å². The molecule has 5 aromatic rings. The summed E-state index contributed by atoms with van der Waals surface area (Å²) in [7, 11) is 0. The van der Waals surface area contributed by atoms with E-state index in [4.69, 9.17) is 13.9 Å². The van der Waals surface area contributed by atoms with E-state index in [9.17, 15) is 29.7 Å². The molecule has 6 rings (SSSR count). The molecule has 2 unspecified atom stereocenters. The van der Waals surface area contributed by atoms with Crippen LogP contribution in [0.25, 0.3) is 27.9 Å². The summed E-state index contributed by atoms with van der Waals surface area (Å²) in [6, 6.07) is 25.8. The highest BCUT2D eigenvalue weighted by atomic mass is 16.7. The number of nitrogens with zero attached hydrogens (tertiary/aromatic N) is 2. The van der Waals surface area contributed by atoms with Crippen LogP contribution in [-0.4, -0.2) is 62.0 Å². The number of carbonyl (C=O) groups is 3. The van der Waals surface area contributed by atoms with Gasteiger partial charge in [-0.1, -0.05) is 60.7 Å². The van der Waals surface area contributed by atoms with Crippen molar-refractivity contribution in [1.29, 1.82) is 0 Å². The van der Waals surface area contributed by atoms with E-state index in [1.165, 1.54) is 4.90 Å². The van der Waals surface area contributed by atoms with Crippen LogP contribution < -0.4 is 9.47 Å². The summed E-state index contributed by atoms with van der Waals surface area (Å²) in [5.74, 6) is -4.61. The van der Waals surface area contributed by atoms with Gasteiger partial charge in [0.05, 0.1) is 6.42 Å². The molecule has 4 atom stereocenters. The van der Waals surface area contributed by atoms with Crippen LogP contribution in [0.3, 0.4) is 0 Å². The lowest BCUT2D eigenvalue weighted by molar-refractivity contribution is -0.160. The summed E-state index contributed by atoms with van der Waals surface area (Å²) < 4.78 is 17.0. The van der Waals surface area contributed by atoms with Gasteiger partial charge in [-0.3, -0.25) is 14.4 Å². The molecule has 1 aromatic heterocycles. The zero-order valence-electron chi connectivity index (χ0n) is 26.1. The van der Waals surface area contributed by atoms with Gasteiger partial charge in [0.2, 0.25) is 12.7 Å². The molecular formula is C37H34N2O9. The molecule has 3 N–H and O–H groups in total. The number of allylic oxidation sites excluding steroid dienone is 1. The number of fused-ring (bicyclic) bond motifs is 3. The van der Waals surface area contributed by atoms with Crippen molar-refractivity contribution < 1.29 is 43.6 Å². The number of benzene rings is 4. The molecule has 1 aliphatic heterocycles. The summed E-state index contributed by atoms with van der Waals surface area (Å²) in [6.07, 6.45) is 1.00.